The molecule has 0 unspecified atom stereocenters. The molecule has 31 heavy (non-hydrogen) atoms. The topological polar surface area (TPSA) is 59.3 Å². The van der Waals surface area contributed by atoms with Crippen LogP contribution in [0.15, 0.2) is 63.9 Å². The second kappa shape index (κ2) is 7.41. The van der Waals surface area contributed by atoms with Crippen LogP contribution in [0.4, 0.5) is 5.69 Å². The Balaban J connectivity index is 1.64. The molecule has 1 heterocycles. The van der Waals surface area contributed by atoms with Gasteiger partial charge in [0.05, 0.1) is 10.6 Å². The molecule has 0 amide bonds. The minimum atomic E-state index is -3.71. The van der Waals surface area contributed by atoms with E-state index in [0.717, 1.165) is 52.3 Å². The van der Waals surface area contributed by atoms with E-state index >= 15 is 0 Å². The first kappa shape index (κ1) is 20.1. The fraction of sp³-hybridized carbons (Fsp3) is 0.308. The third kappa shape index (κ3) is 3.51. The Morgan fingerprint density at radius 1 is 1.00 bits per heavy atom. The lowest BCUT2D eigenvalue weighted by Gasteiger charge is -2.17. The molecule has 0 bridgehead atoms. The van der Waals surface area contributed by atoms with Gasteiger partial charge >= 0.3 is 0 Å². The van der Waals surface area contributed by atoms with Crippen LogP contribution in [-0.4, -0.2) is 8.42 Å². The van der Waals surface area contributed by atoms with Crippen molar-refractivity contribution in [3.63, 3.8) is 0 Å². The predicted molar refractivity (Wildman–Crippen MR) is 126 cm³/mol. The fourth-order valence-electron chi connectivity index (χ4n) is 4.59. The summed E-state index contributed by atoms with van der Waals surface area (Å²) in [6.07, 6.45) is 3.02. The summed E-state index contributed by atoms with van der Waals surface area (Å²) >= 11 is 0. The van der Waals surface area contributed by atoms with Crippen molar-refractivity contribution in [3.8, 4) is 0 Å². The predicted octanol–water partition coefficient (Wildman–Crippen LogP) is 6.64. The molecule has 5 heteroatoms. The van der Waals surface area contributed by atoms with Crippen molar-refractivity contribution in [3.05, 3.63) is 71.5 Å². The SMILES string of the molecule is CC(C)c1ccc(S(=O)(=O)Nc2cc3c4c(oc3c3ccccc23)CC[C@@H](C)C4)cc1. The first-order chi connectivity index (χ1) is 14.8. The van der Waals surface area contributed by atoms with Gasteiger partial charge in [0.1, 0.15) is 11.3 Å². The van der Waals surface area contributed by atoms with E-state index in [9.17, 15) is 8.42 Å². The van der Waals surface area contributed by atoms with Gasteiger partial charge in [0.15, 0.2) is 0 Å². The molecule has 1 aromatic heterocycles. The molecule has 0 aliphatic heterocycles. The second-order valence-corrected chi connectivity index (χ2v) is 10.7. The van der Waals surface area contributed by atoms with Crippen LogP contribution in [0.3, 0.4) is 0 Å². The normalized spacial score (nSPS) is 16.7. The molecule has 1 atom stereocenters. The van der Waals surface area contributed by atoms with Gasteiger partial charge in [0.2, 0.25) is 0 Å². The molecule has 4 aromatic rings. The summed E-state index contributed by atoms with van der Waals surface area (Å²) in [5.74, 6) is 1.99. The Labute approximate surface area is 183 Å². The Morgan fingerprint density at radius 3 is 2.42 bits per heavy atom. The molecule has 0 radical (unpaired) electrons. The Kier molecular flexibility index (Phi) is 4.82. The van der Waals surface area contributed by atoms with Gasteiger partial charge in [-0.2, -0.15) is 0 Å². The van der Waals surface area contributed by atoms with Crippen LogP contribution in [0.25, 0.3) is 21.7 Å². The number of nitrogens with one attached hydrogen (secondary N) is 1. The van der Waals surface area contributed by atoms with Gasteiger partial charge < -0.3 is 4.42 Å². The van der Waals surface area contributed by atoms with Gasteiger partial charge in [-0.05, 0) is 48.4 Å². The minimum absolute atomic E-state index is 0.268. The average Bonchev–Trinajstić information content (AvgIpc) is 3.12. The van der Waals surface area contributed by atoms with Gasteiger partial charge in [-0.1, -0.05) is 57.2 Å². The zero-order valence-electron chi connectivity index (χ0n) is 18.1. The largest absolute Gasteiger partial charge is 0.460 e. The Hall–Kier alpha value is -2.79. The number of rotatable bonds is 4. The molecule has 0 spiro atoms. The summed E-state index contributed by atoms with van der Waals surface area (Å²) in [5.41, 5.74) is 3.79. The quantitative estimate of drug-likeness (QED) is 0.393. The molecule has 1 aliphatic carbocycles. The van der Waals surface area contributed by atoms with Crippen molar-refractivity contribution in [1.82, 2.24) is 0 Å². The van der Waals surface area contributed by atoms with E-state index < -0.39 is 10.0 Å². The van der Waals surface area contributed by atoms with Crippen molar-refractivity contribution in [2.24, 2.45) is 5.92 Å². The van der Waals surface area contributed by atoms with Crippen molar-refractivity contribution in [2.75, 3.05) is 4.72 Å². The van der Waals surface area contributed by atoms with Gasteiger partial charge in [-0.3, -0.25) is 4.72 Å². The molecule has 0 saturated heterocycles. The van der Waals surface area contributed by atoms with Crippen molar-refractivity contribution in [2.45, 2.75) is 50.8 Å². The molecular formula is C26H27NO3S. The highest BCUT2D eigenvalue weighted by Gasteiger charge is 2.25. The number of hydrogen-bond acceptors (Lipinski definition) is 3. The van der Waals surface area contributed by atoms with Gasteiger partial charge in [0.25, 0.3) is 10.0 Å². The van der Waals surface area contributed by atoms with Gasteiger partial charge in [-0.15, -0.1) is 0 Å². The fourth-order valence-corrected chi connectivity index (χ4v) is 5.66. The highest BCUT2D eigenvalue weighted by atomic mass is 32.2. The molecule has 3 aromatic carbocycles. The highest BCUT2D eigenvalue weighted by molar-refractivity contribution is 7.92. The number of furan rings is 1. The number of anilines is 1. The molecule has 160 valence electrons. The van der Waals surface area contributed by atoms with Crippen LogP contribution >= 0.6 is 0 Å². The first-order valence-electron chi connectivity index (χ1n) is 10.9. The molecule has 5 rings (SSSR count). The lowest BCUT2D eigenvalue weighted by Crippen LogP contribution is -2.13. The van der Waals surface area contributed by atoms with E-state index in [2.05, 4.69) is 25.5 Å². The third-order valence-corrected chi connectivity index (χ3v) is 7.78. The highest BCUT2D eigenvalue weighted by Crippen LogP contribution is 2.40. The number of benzene rings is 3. The zero-order chi connectivity index (χ0) is 21.8. The van der Waals surface area contributed by atoms with E-state index in [-0.39, 0.29) is 4.90 Å². The van der Waals surface area contributed by atoms with Crippen LogP contribution in [0.2, 0.25) is 0 Å². The summed E-state index contributed by atoms with van der Waals surface area (Å²) < 4.78 is 35.6. The van der Waals surface area contributed by atoms with E-state index in [4.69, 9.17) is 4.42 Å². The van der Waals surface area contributed by atoms with Crippen molar-refractivity contribution < 1.29 is 12.8 Å². The number of aryl methyl sites for hydroxylation is 1. The lowest BCUT2D eigenvalue weighted by molar-refractivity contribution is 0.439. The van der Waals surface area contributed by atoms with Crippen LogP contribution in [0.1, 0.15) is 50.0 Å². The van der Waals surface area contributed by atoms with Crippen molar-refractivity contribution >= 4 is 37.5 Å². The maximum absolute atomic E-state index is 13.2. The van der Waals surface area contributed by atoms with Crippen LogP contribution in [0, 0.1) is 5.92 Å². The Morgan fingerprint density at radius 2 is 1.71 bits per heavy atom. The number of sulfonamides is 1. The minimum Gasteiger partial charge on any atom is -0.460 e. The molecule has 0 saturated carbocycles. The van der Waals surface area contributed by atoms with Crippen LogP contribution in [0.5, 0.6) is 0 Å². The standard InChI is InChI=1S/C26H27NO3S/c1-16(2)18-9-11-19(12-10-18)31(28,29)27-24-15-23-22-14-17(3)8-13-25(22)30-26(23)21-7-5-4-6-20(21)24/h4-7,9-12,15-17,27H,8,13-14H2,1-3H3/t17-/m1/s1. The smallest absolute Gasteiger partial charge is 0.261 e. The number of hydrogen-bond donors (Lipinski definition) is 1. The summed E-state index contributed by atoms with van der Waals surface area (Å²) in [4.78, 5) is 0.268. The van der Waals surface area contributed by atoms with Gasteiger partial charge in [-0.25, -0.2) is 8.42 Å². The monoisotopic (exact) mass is 433 g/mol. The zero-order valence-corrected chi connectivity index (χ0v) is 18.9. The molecule has 0 fully saturated rings. The van der Waals surface area contributed by atoms with Crippen molar-refractivity contribution in [1.29, 1.82) is 0 Å². The number of fused-ring (bicyclic) bond motifs is 5. The second-order valence-electron chi connectivity index (χ2n) is 9.03. The summed E-state index contributed by atoms with van der Waals surface area (Å²) in [5, 5.41) is 2.81. The summed E-state index contributed by atoms with van der Waals surface area (Å²) in [6.45, 7) is 6.44. The molecule has 1 aliphatic rings. The van der Waals surface area contributed by atoms with E-state index in [1.165, 1.54) is 5.56 Å². The van der Waals surface area contributed by atoms with E-state index in [1.807, 2.05) is 42.5 Å². The third-order valence-electron chi connectivity index (χ3n) is 6.40. The van der Waals surface area contributed by atoms with Gasteiger partial charge in [0, 0.05) is 28.1 Å². The Bertz CT molecular complexity index is 1380. The first-order valence-corrected chi connectivity index (χ1v) is 12.4. The van der Waals surface area contributed by atoms with E-state index in [0.29, 0.717) is 17.5 Å². The maximum Gasteiger partial charge on any atom is 0.261 e. The lowest BCUT2D eigenvalue weighted by atomic mass is 9.87. The van der Waals surface area contributed by atoms with Crippen LogP contribution < -0.4 is 4.72 Å². The molecular weight excluding hydrogens is 406 g/mol. The summed E-state index contributed by atoms with van der Waals surface area (Å²) in [7, 11) is -3.71. The molecule has 1 N–H and O–H groups in total. The van der Waals surface area contributed by atoms with E-state index in [1.54, 1.807) is 12.1 Å². The van der Waals surface area contributed by atoms with Crippen LogP contribution in [-0.2, 0) is 22.9 Å². The summed E-state index contributed by atoms with van der Waals surface area (Å²) in [6, 6.07) is 16.9. The average molecular weight is 434 g/mol. The maximum atomic E-state index is 13.2. The molecule has 4 nitrogen and oxygen atoms in total.